The van der Waals surface area contributed by atoms with Gasteiger partial charge < -0.3 is 34.9 Å². The number of anilines is 4. The Morgan fingerprint density at radius 1 is 0.805 bits per heavy atom. The van der Waals surface area contributed by atoms with E-state index >= 15 is 0 Å². The molecule has 0 spiro atoms. The molecule has 4 aromatic rings. The highest BCUT2D eigenvalue weighted by Gasteiger charge is 2.32. The number of urea groups is 1. The molecule has 41 heavy (non-hydrogen) atoms. The van der Waals surface area contributed by atoms with Crippen LogP contribution in [-0.2, 0) is 6.18 Å². The molecule has 3 N–H and O–H groups in total. The Hall–Kier alpha value is -5.20. The molecule has 1 heterocycles. The number of methoxy groups -OCH3 is 3. The molecule has 0 radical (unpaired) electrons. The second kappa shape index (κ2) is 12.3. The first-order chi connectivity index (χ1) is 19.6. The zero-order valence-corrected chi connectivity index (χ0v) is 22.4. The molecule has 0 saturated carbocycles. The molecule has 1 aromatic heterocycles. The number of carbonyl (C=O) groups is 1. The number of hydrogen-bond donors (Lipinski definition) is 3. The number of nitrogens with zero attached hydrogens (tertiary/aromatic N) is 2. The van der Waals surface area contributed by atoms with E-state index in [-0.39, 0.29) is 23.1 Å². The van der Waals surface area contributed by atoms with E-state index < -0.39 is 17.8 Å². The molecule has 10 nitrogen and oxygen atoms in total. The van der Waals surface area contributed by atoms with Crippen LogP contribution in [0.15, 0.2) is 66.9 Å². The molecule has 3 aromatic carbocycles. The van der Waals surface area contributed by atoms with E-state index in [2.05, 4.69) is 25.9 Å². The summed E-state index contributed by atoms with van der Waals surface area (Å²) in [5.41, 5.74) is 0.242. The van der Waals surface area contributed by atoms with Crippen LogP contribution in [-0.4, -0.2) is 37.3 Å². The Morgan fingerprint density at radius 3 is 2.05 bits per heavy atom. The maximum absolute atomic E-state index is 13.1. The fourth-order valence-corrected chi connectivity index (χ4v) is 3.77. The molecular weight excluding hydrogens is 543 g/mol. The highest BCUT2D eigenvalue weighted by atomic mass is 19.4. The van der Waals surface area contributed by atoms with Gasteiger partial charge in [-0.1, -0.05) is 6.07 Å². The van der Waals surface area contributed by atoms with Crippen LogP contribution >= 0.6 is 0 Å². The van der Waals surface area contributed by atoms with Crippen molar-refractivity contribution in [1.29, 1.82) is 0 Å². The van der Waals surface area contributed by atoms with Crippen molar-refractivity contribution in [1.82, 2.24) is 9.97 Å². The van der Waals surface area contributed by atoms with Gasteiger partial charge in [0.05, 0.1) is 26.9 Å². The summed E-state index contributed by atoms with van der Waals surface area (Å²) in [5, 5.41) is 8.03. The molecular formula is C28H26F3N5O5. The van der Waals surface area contributed by atoms with Crippen molar-refractivity contribution in [3.05, 3.63) is 78.0 Å². The number of rotatable bonds is 9. The van der Waals surface area contributed by atoms with Gasteiger partial charge in [-0.3, -0.25) is 0 Å². The molecule has 0 bridgehead atoms. The second-order valence-corrected chi connectivity index (χ2v) is 8.49. The van der Waals surface area contributed by atoms with E-state index in [0.717, 1.165) is 6.07 Å². The number of halogens is 3. The summed E-state index contributed by atoms with van der Waals surface area (Å²) in [5.74, 6) is 2.26. The predicted molar refractivity (Wildman–Crippen MR) is 147 cm³/mol. The van der Waals surface area contributed by atoms with E-state index in [1.54, 1.807) is 42.5 Å². The minimum absolute atomic E-state index is 0.0140. The Balaban J connectivity index is 1.39. The van der Waals surface area contributed by atoms with E-state index in [4.69, 9.17) is 18.9 Å². The summed E-state index contributed by atoms with van der Waals surface area (Å²) in [6.07, 6.45) is -3.01. The van der Waals surface area contributed by atoms with E-state index in [9.17, 15) is 18.0 Å². The van der Waals surface area contributed by atoms with Crippen molar-refractivity contribution in [3.63, 3.8) is 0 Å². The molecule has 4 rings (SSSR count). The standard InChI is InChI=1S/C28H26F3N5O5/c1-16-5-6-18(13-21(16)28(29,30)31)35-27(37)34-17-7-9-20(10-8-17)41-24-11-12-32-26(36-24)33-19-14-22(38-2)25(40-4)23(15-19)39-3/h5-15H,1-4H3,(H,32,33,36)(H2,34,35,37). The van der Waals surface area contributed by atoms with Gasteiger partial charge >= 0.3 is 12.2 Å². The van der Waals surface area contributed by atoms with Gasteiger partial charge in [-0.2, -0.15) is 18.2 Å². The highest BCUT2D eigenvalue weighted by Crippen LogP contribution is 2.40. The van der Waals surface area contributed by atoms with Crippen LogP contribution in [0.4, 0.5) is 41.0 Å². The molecule has 0 atom stereocenters. The average molecular weight is 570 g/mol. The number of ether oxygens (including phenoxy) is 4. The third-order valence-corrected chi connectivity index (χ3v) is 5.69. The van der Waals surface area contributed by atoms with Gasteiger partial charge in [0.15, 0.2) is 11.5 Å². The molecule has 0 fully saturated rings. The lowest BCUT2D eigenvalue weighted by Gasteiger charge is -2.14. The third kappa shape index (κ3) is 7.26. The first-order valence-corrected chi connectivity index (χ1v) is 12.0. The second-order valence-electron chi connectivity index (χ2n) is 8.49. The average Bonchev–Trinajstić information content (AvgIpc) is 2.94. The van der Waals surface area contributed by atoms with Gasteiger partial charge in [0.1, 0.15) is 5.75 Å². The van der Waals surface area contributed by atoms with Gasteiger partial charge in [-0.25, -0.2) is 9.78 Å². The van der Waals surface area contributed by atoms with Crippen LogP contribution in [0.3, 0.4) is 0 Å². The fraction of sp³-hybridized carbons (Fsp3) is 0.179. The Bertz CT molecular complexity index is 1510. The number of hydrogen-bond acceptors (Lipinski definition) is 8. The van der Waals surface area contributed by atoms with Crippen molar-refractivity contribution in [2.45, 2.75) is 13.1 Å². The van der Waals surface area contributed by atoms with Gasteiger partial charge in [-0.15, -0.1) is 0 Å². The third-order valence-electron chi connectivity index (χ3n) is 5.69. The molecule has 214 valence electrons. The van der Waals surface area contributed by atoms with Crippen LogP contribution < -0.4 is 34.9 Å². The first-order valence-electron chi connectivity index (χ1n) is 12.0. The topological polar surface area (TPSA) is 116 Å². The van der Waals surface area contributed by atoms with Gasteiger partial charge in [0, 0.05) is 41.5 Å². The van der Waals surface area contributed by atoms with Gasteiger partial charge in [0.25, 0.3) is 0 Å². The van der Waals surface area contributed by atoms with Crippen molar-refractivity contribution in [3.8, 4) is 28.9 Å². The number of aryl methyl sites for hydroxylation is 1. The number of amides is 2. The Morgan fingerprint density at radius 2 is 1.44 bits per heavy atom. The summed E-state index contributed by atoms with van der Waals surface area (Å²) in [4.78, 5) is 20.9. The Kier molecular flexibility index (Phi) is 8.66. The zero-order chi connectivity index (χ0) is 29.6. The maximum Gasteiger partial charge on any atom is 0.416 e. The van der Waals surface area contributed by atoms with Crippen LogP contribution in [0.25, 0.3) is 0 Å². The number of nitrogens with one attached hydrogen (secondary N) is 3. The maximum atomic E-state index is 13.1. The number of benzene rings is 3. The van der Waals surface area contributed by atoms with Crippen molar-refractivity contribution in [2.24, 2.45) is 0 Å². The predicted octanol–water partition coefficient (Wildman–Crippen LogP) is 7.01. The Labute approximate surface area is 233 Å². The number of aromatic nitrogens is 2. The molecule has 13 heteroatoms. The normalized spacial score (nSPS) is 10.9. The van der Waals surface area contributed by atoms with Crippen LogP contribution in [0.1, 0.15) is 11.1 Å². The van der Waals surface area contributed by atoms with Crippen LogP contribution in [0, 0.1) is 6.92 Å². The molecule has 0 saturated heterocycles. The highest BCUT2D eigenvalue weighted by molar-refractivity contribution is 5.99. The largest absolute Gasteiger partial charge is 0.493 e. The SMILES string of the molecule is COc1cc(Nc2nccc(Oc3ccc(NC(=O)Nc4ccc(C)c(C(F)(F)F)c4)cc3)n2)cc(OC)c1OC. The molecule has 2 amide bonds. The van der Waals surface area contributed by atoms with E-state index in [0.29, 0.717) is 34.4 Å². The first kappa shape index (κ1) is 28.8. The van der Waals surface area contributed by atoms with Gasteiger partial charge in [0.2, 0.25) is 17.6 Å². The van der Waals surface area contributed by atoms with Crippen LogP contribution in [0.5, 0.6) is 28.9 Å². The lowest BCUT2D eigenvalue weighted by molar-refractivity contribution is -0.138. The minimum atomic E-state index is -4.52. The van der Waals surface area contributed by atoms with Crippen LogP contribution in [0.2, 0.25) is 0 Å². The van der Waals surface area contributed by atoms with Crippen molar-refractivity contribution in [2.75, 3.05) is 37.3 Å². The summed E-state index contributed by atoms with van der Waals surface area (Å²) >= 11 is 0. The smallest absolute Gasteiger partial charge is 0.416 e. The summed E-state index contributed by atoms with van der Waals surface area (Å²) in [7, 11) is 4.53. The van der Waals surface area contributed by atoms with Gasteiger partial charge in [-0.05, 0) is 48.9 Å². The van der Waals surface area contributed by atoms with E-state index in [1.165, 1.54) is 46.6 Å². The lowest BCUT2D eigenvalue weighted by atomic mass is 10.1. The summed E-state index contributed by atoms with van der Waals surface area (Å²) in [6.45, 7) is 1.35. The monoisotopic (exact) mass is 569 g/mol. The minimum Gasteiger partial charge on any atom is -0.493 e. The molecule has 0 unspecified atom stereocenters. The fourth-order valence-electron chi connectivity index (χ4n) is 3.77. The van der Waals surface area contributed by atoms with E-state index in [1.807, 2.05) is 0 Å². The lowest BCUT2D eigenvalue weighted by Crippen LogP contribution is -2.20. The molecule has 0 aliphatic heterocycles. The summed E-state index contributed by atoms with van der Waals surface area (Å²) in [6, 6.07) is 14.2. The van der Waals surface area contributed by atoms with Crippen molar-refractivity contribution >= 4 is 29.0 Å². The number of carbonyl (C=O) groups excluding carboxylic acids is 1. The zero-order valence-electron chi connectivity index (χ0n) is 22.4. The molecule has 0 aliphatic rings. The van der Waals surface area contributed by atoms with Crippen molar-refractivity contribution < 1.29 is 36.9 Å². The molecule has 0 aliphatic carbocycles. The number of alkyl halides is 3. The quantitative estimate of drug-likeness (QED) is 0.197. The summed E-state index contributed by atoms with van der Waals surface area (Å²) < 4.78 is 61.3.